The molecular formula is C15H10BrFO2S. The summed E-state index contributed by atoms with van der Waals surface area (Å²) >= 11 is 3.40. The minimum atomic E-state index is -1.40. The standard InChI is InChI=1S/C15H10BrFO2S/c1-9-15(13-8-10(16)2-7-14(13)19-9)20(18)12-5-3-11(17)4-6-12/h2-8H,1H3. The zero-order valence-corrected chi connectivity index (χ0v) is 12.9. The fraction of sp³-hybridized carbons (Fsp3) is 0.0667. The molecule has 3 rings (SSSR count). The Morgan fingerprint density at radius 1 is 1.15 bits per heavy atom. The lowest BCUT2D eigenvalue weighted by Gasteiger charge is -2.02. The van der Waals surface area contributed by atoms with Gasteiger partial charge in [-0.3, -0.25) is 0 Å². The molecule has 0 N–H and O–H groups in total. The third-order valence-electron chi connectivity index (χ3n) is 2.98. The van der Waals surface area contributed by atoms with E-state index in [0.717, 1.165) is 9.86 Å². The van der Waals surface area contributed by atoms with E-state index in [1.165, 1.54) is 24.3 Å². The van der Waals surface area contributed by atoms with Crippen molar-refractivity contribution in [2.75, 3.05) is 0 Å². The normalized spacial score (nSPS) is 12.8. The van der Waals surface area contributed by atoms with Crippen LogP contribution in [-0.4, -0.2) is 4.21 Å². The van der Waals surface area contributed by atoms with Crippen LogP contribution in [0, 0.1) is 12.7 Å². The first-order valence-corrected chi connectivity index (χ1v) is 7.86. The van der Waals surface area contributed by atoms with Crippen molar-refractivity contribution >= 4 is 37.7 Å². The Morgan fingerprint density at radius 2 is 1.85 bits per heavy atom. The number of hydrogen-bond donors (Lipinski definition) is 0. The molecule has 0 saturated heterocycles. The molecule has 0 radical (unpaired) electrons. The van der Waals surface area contributed by atoms with Crippen LogP contribution in [0.25, 0.3) is 11.0 Å². The van der Waals surface area contributed by atoms with E-state index in [1.54, 1.807) is 6.92 Å². The van der Waals surface area contributed by atoms with Gasteiger partial charge in [-0.15, -0.1) is 0 Å². The van der Waals surface area contributed by atoms with Crippen LogP contribution in [0.2, 0.25) is 0 Å². The Hall–Kier alpha value is -1.46. The second kappa shape index (κ2) is 5.14. The Bertz CT molecular complexity index is 809. The third kappa shape index (κ3) is 2.31. The molecule has 2 nitrogen and oxygen atoms in total. The lowest BCUT2D eigenvalue weighted by Crippen LogP contribution is -1.94. The van der Waals surface area contributed by atoms with Gasteiger partial charge < -0.3 is 4.42 Å². The highest BCUT2D eigenvalue weighted by Gasteiger charge is 2.18. The van der Waals surface area contributed by atoms with Gasteiger partial charge in [0, 0.05) is 14.8 Å². The number of furan rings is 1. The van der Waals surface area contributed by atoms with Crippen molar-refractivity contribution in [3.8, 4) is 0 Å². The van der Waals surface area contributed by atoms with E-state index in [0.29, 0.717) is 21.1 Å². The number of benzene rings is 2. The maximum absolute atomic E-state index is 13.0. The molecule has 0 fully saturated rings. The predicted molar refractivity (Wildman–Crippen MR) is 79.7 cm³/mol. The van der Waals surface area contributed by atoms with Crippen molar-refractivity contribution in [3.05, 3.63) is 58.5 Å². The molecule has 1 atom stereocenters. The van der Waals surface area contributed by atoms with Crippen molar-refractivity contribution in [3.63, 3.8) is 0 Å². The minimum Gasteiger partial charge on any atom is -0.460 e. The number of hydrogen-bond acceptors (Lipinski definition) is 2. The topological polar surface area (TPSA) is 30.2 Å². The summed E-state index contributed by atoms with van der Waals surface area (Å²) in [5.41, 5.74) is 0.691. The second-order valence-corrected chi connectivity index (χ2v) is 6.68. The van der Waals surface area contributed by atoms with Crippen molar-refractivity contribution in [2.45, 2.75) is 16.7 Å². The van der Waals surface area contributed by atoms with Crippen LogP contribution >= 0.6 is 15.9 Å². The Morgan fingerprint density at radius 3 is 2.55 bits per heavy atom. The molecule has 102 valence electrons. The summed E-state index contributed by atoms with van der Waals surface area (Å²) < 4.78 is 32.2. The largest absolute Gasteiger partial charge is 0.460 e. The van der Waals surface area contributed by atoms with Crippen molar-refractivity contribution in [2.24, 2.45) is 0 Å². The zero-order valence-electron chi connectivity index (χ0n) is 10.5. The van der Waals surface area contributed by atoms with Crippen molar-refractivity contribution in [1.82, 2.24) is 0 Å². The van der Waals surface area contributed by atoms with Crippen LogP contribution in [0.15, 0.2) is 61.1 Å². The zero-order chi connectivity index (χ0) is 14.3. The molecule has 1 heterocycles. The van der Waals surface area contributed by atoms with Gasteiger partial charge in [0.25, 0.3) is 0 Å². The molecule has 3 aromatic rings. The molecule has 2 aromatic carbocycles. The summed E-state index contributed by atoms with van der Waals surface area (Å²) in [5.74, 6) is 0.267. The quantitative estimate of drug-likeness (QED) is 0.662. The van der Waals surface area contributed by atoms with E-state index in [-0.39, 0.29) is 5.82 Å². The SMILES string of the molecule is Cc1oc2ccc(Br)cc2c1S(=O)c1ccc(F)cc1. The van der Waals surface area contributed by atoms with Gasteiger partial charge in [-0.05, 0) is 49.4 Å². The molecule has 0 saturated carbocycles. The molecule has 0 bridgehead atoms. The lowest BCUT2D eigenvalue weighted by molar-refractivity contribution is 0.566. The van der Waals surface area contributed by atoms with Gasteiger partial charge >= 0.3 is 0 Å². The van der Waals surface area contributed by atoms with Gasteiger partial charge in [0.15, 0.2) is 0 Å². The molecule has 1 unspecified atom stereocenters. The smallest absolute Gasteiger partial charge is 0.135 e. The summed E-state index contributed by atoms with van der Waals surface area (Å²) in [7, 11) is -1.40. The first-order valence-electron chi connectivity index (χ1n) is 5.92. The van der Waals surface area contributed by atoms with Gasteiger partial charge in [0.1, 0.15) is 17.2 Å². The Labute approximate surface area is 126 Å². The molecule has 0 aliphatic rings. The third-order valence-corrected chi connectivity index (χ3v) is 5.05. The monoisotopic (exact) mass is 352 g/mol. The highest BCUT2D eigenvalue weighted by atomic mass is 79.9. The van der Waals surface area contributed by atoms with Gasteiger partial charge in [0.05, 0.1) is 15.7 Å². The number of rotatable bonds is 2. The average molecular weight is 353 g/mol. The summed E-state index contributed by atoms with van der Waals surface area (Å²) in [4.78, 5) is 1.19. The number of fused-ring (bicyclic) bond motifs is 1. The van der Waals surface area contributed by atoms with Crippen LogP contribution in [0.4, 0.5) is 4.39 Å². The van der Waals surface area contributed by atoms with E-state index in [1.807, 2.05) is 18.2 Å². The van der Waals surface area contributed by atoms with Gasteiger partial charge in [0.2, 0.25) is 0 Å². The average Bonchev–Trinajstić information content (AvgIpc) is 2.74. The van der Waals surface area contributed by atoms with Gasteiger partial charge in [-0.2, -0.15) is 0 Å². The van der Waals surface area contributed by atoms with E-state index in [2.05, 4.69) is 15.9 Å². The van der Waals surface area contributed by atoms with Gasteiger partial charge in [-0.1, -0.05) is 15.9 Å². The van der Waals surface area contributed by atoms with Crippen molar-refractivity contribution in [1.29, 1.82) is 0 Å². The highest BCUT2D eigenvalue weighted by Crippen LogP contribution is 2.32. The van der Waals surface area contributed by atoms with E-state index < -0.39 is 10.8 Å². The van der Waals surface area contributed by atoms with Crippen LogP contribution in [0.1, 0.15) is 5.76 Å². The highest BCUT2D eigenvalue weighted by molar-refractivity contribution is 9.10. The lowest BCUT2D eigenvalue weighted by atomic mass is 10.2. The molecule has 0 aliphatic heterocycles. The minimum absolute atomic E-state index is 0.345. The van der Waals surface area contributed by atoms with Crippen molar-refractivity contribution < 1.29 is 13.0 Å². The molecule has 0 amide bonds. The van der Waals surface area contributed by atoms with Gasteiger partial charge in [-0.25, -0.2) is 8.60 Å². The molecule has 1 aromatic heterocycles. The number of aryl methyl sites for hydroxylation is 1. The number of halogens is 2. The maximum Gasteiger partial charge on any atom is 0.135 e. The molecule has 0 spiro atoms. The molecule has 5 heteroatoms. The summed E-state index contributed by atoms with van der Waals surface area (Å²) in [6.45, 7) is 1.78. The first-order chi connectivity index (χ1) is 9.56. The fourth-order valence-corrected chi connectivity index (χ4v) is 3.72. The van der Waals surface area contributed by atoms with E-state index >= 15 is 0 Å². The van der Waals surface area contributed by atoms with Crippen LogP contribution < -0.4 is 0 Å². The van der Waals surface area contributed by atoms with Crippen LogP contribution in [-0.2, 0) is 10.8 Å². The van der Waals surface area contributed by atoms with Crippen LogP contribution in [0.3, 0.4) is 0 Å². The molecule has 0 aliphatic carbocycles. The Balaban J connectivity index is 2.18. The maximum atomic E-state index is 13.0. The first kappa shape index (κ1) is 13.5. The van der Waals surface area contributed by atoms with E-state index in [9.17, 15) is 8.60 Å². The summed E-state index contributed by atoms with van der Waals surface area (Å²) in [6, 6.07) is 11.3. The van der Waals surface area contributed by atoms with Crippen LogP contribution in [0.5, 0.6) is 0 Å². The second-order valence-electron chi connectivity index (χ2n) is 4.35. The summed E-state index contributed by atoms with van der Waals surface area (Å²) in [5, 5.41) is 0.805. The fourth-order valence-electron chi connectivity index (χ4n) is 2.08. The molecular weight excluding hydrogens is 343 g/mol. The Kier molecular flexibility index (Phi) is 3.48. The molecule has 20 heavy (non-hydrogen) atoms. The van der Waals surface area contributed by atoms with E-state index in [4.69, 9.17) is 4.42 Å². The predicted octanol–water partition coefficient (Wildman–Crippen LogP) is 4.81. The summed E-state index contributed by atoms with van der Waals surface area (Å²) in [6.07, 6.45) is 0.